The standard InChI is InChI=1S/C27H20BrN3O6/c1-37-15-7-8-17(21(32)11-15)23-16-9-10-29-26(35)30(14-5-3-2-4-6-14)27(36)31(29)20(16)12-18-24(23)22(33)13-19(28)25(18)34/h2-9,11,13,20,23,32H,10,12H2,1H3/t20-,23-/m1/s1. The third-order valence-electron chi connectivity index (χ3n) is 7.16. The Morgan fingerprint density at radius 1 is 1.03 bits per heavy atom. The minimum atomic E-state index is -0.788. The Labute approximate surface area is 218 Å². The van der Waals surface area contributed by atoms with Crippen LogP contribution in [0.3, 0.4) is 0 Å². The monoisotopic (exact) mass is 561 g/mol. The van der Waals surface area contributed by atoms with Crippen molar-refractivity contribution in [1.82, 2.24) is 13.9 Å². The second-order valence-electron chi connectivity index (χ2n) is 9.02. The summed E-state index contributed by atoms with van der Waals surface area (Å²) in [5.41, 5.74) is 0.981. The highest BCUT2D eigenvalue weighted by Crippen LogP contribution is 2.51. The van der Waals surface area contributed by atoms with Crippen LogP contribution in [-0.4, -0.2) is 37.7 Å². The smallest absolute Gasteiger partial charge is 0.352 e. The van der Waals surface area contributed by atoms with Crippen molar-refractivity contribution in [2.75, 3.05) is 7.11 Å². The van der Waals surface area contributed by atoms with Gasteiger partial charge < -0.3 is 9.84 Å². The number of fused-ring (bicyclic) bond motifs is 3. The molecule has 186 valence electrons. The Hall–Kier alpha value is -4.18. The zero-order chi connectivity index (χ0) is 26.0. The lowest BCUT2D eigenvalue weighted by molar-refractivity contribution is -0.115. The number of aromatic nitrogens is 3. The normalized spacial score (nSPS) is 20.6. The van der Waals surface area contributed by atoms with E-state index in [2.05, 4.69) is 15.9 Å². The molecule has 37 heavy (non-hydrogen) atoms. The number of carbonyl (C=O) groups excluding carboxylic acids is 2. The van der Waals surface area contributed by atoms with Crippen LogP contribution < -0.4 is 16.1 Å². The second kappa shape index (κ2) is 8.45. The highest BCUT2D eigenvalue weighted by Gasteiger charge is 2.45. The zero-order valence-corrected chi connectivity index (χ0v) is 21.1. The number of methoxy groups -OCH3 is 1. The number of aromatic hydroxyl groups is 1. The molecular weight excluding hydrogens is 542 g/mol. The first-order chi connectivity index (χ1) is 17.8. The number of ether oxygens (including phenoxy) is 1. The molecule has 2 atom stereocenters. The van der Waals surface area contributed by atoms with Crippen molar-refractivity contribution in [2.24, 2.45) is 0 Å². The molecule has 0 saturated heterocycles. The van der Waals surface area contributed by atoms with Crippen molar-refractivity contribution < 1.29 is 19.4 Å². The molecule has 0 amide bonds. The average Bonchev–Trinajstić information content (AvgIpc) is 3.16. The summed E-state index contributed by atoms with van der Waals surface area (Å²) in [6.07, 6.45) is 3.11. The van der Waals surface area contributed by atoms with Crippen LogP contribution in [0.25, 0.3) is 5.69 Å². The van der Waals surface area contributed by atoms with Crippen LogP contribution in [0.2, 0.25) is 0 Å². The van der Waals surface area contributed by atoms with Crippen LogP contribution in [0, 0.1) is 0 Å². The van der Waals surface area contributed by atoms with Crippen LogP contribution in [-0.2, 0) is 16.1 Å². The van der Waals surface area contributed by atoms with Gasteiger partial charge in [0.15, 0.2) is 11.6 Å². The maximum atomic E-state index is 13.7. The molecule has 10 heteroatoms. The van der Waals surface area contributed by atoms with E-state index >= 15 is 0 Å². The number of hydrogen-bond donors (Lipinski definition) is 1. The zero-order valence-electron chi connectivity index (χ0n) is 19.6. The van der Waals surface area contributed by atoms with Gasteiger partial charge in [-0.1, -0.05) is 30.3 Å². The Kier molecular flexibility index (Phi) is 5.30. The van der Waals surface area contributed by atoms with Gasteiger partial charge in [-0.3, -0.25) is 9.59 Å². The van der Waals surface area contributed by atoms with E-state index in [1.54, 1.807) is 42.5 Å². The van der Waals surface area contributed by atoms with Crippen molar-refractivity contribution in [1.29, 1.82) is 0 Å². The van der Waals surface area contributed by atoms with Crippen molar-refractivity contribution in [3.8, 4) is 17.2 Å². The number of hydrogen-bond acceptors (Lipinski definition) is 6. The molecule has 2 aromatic carbocycles. The molecule has 2 heterocycles. The number of ketones is 2. The number of Topliss-reactive ketones (excluding diaryl/α,β-unsaturated/α-hetero) is 1. The van der Waals surface area contributed by atoms with Crippen molar-refractivity contribution in [3.63, 3.8) is 0 Å². The average molecular weight is 562 g/mol. The molecule has 1 aliphatic heterocycles. The molecule has 9 nitrogen and oxygen atoms in total. The number of benzene rings is 2. The predicted molar refractivity (Wildman–Crippen MR) is 137 cm³/mol. The molecule has 3 aliphatic rings. The third kappa shape index (κ3) is 3.36. The van der Waals surface area contributed by atoms with Crippen LogP contribution >= 0.6 is 15.9 Å². The molecule has 0 saturated carbocycles. The molecule has 0 fully saturated rings. The Morgan fingerprint density at radius 2 is 1.78 bits per heavy atom. The Morgan fingerprint density at radius 3 is 2.49 bits per heavy atom. The lowest BCUT2D eigenvalue weighted by Crippen LogP contribution is -2.40. The van der Waals surface area contributed by atoms with E-state index in [4.69, 9.17) is 4.74 Å². The summed E-state index contributed by atoms with van der Waals surface area (Å²) >= 11 is 3.19. The lowest BCUT2D eigenvalue weighted by atomic mass is 9.68. The van der Waals surface area contributed by atoms with Gasteiger partial charge in [0, 0.05) is 41.2 Å². The van der Waals surface area contributed by atoms with Gasteiger partial charge in [0.05, 0.1) is 29.9 Å². The minimum absolute atomic E-state index is 0.0558. The van der Waals surface area contributed by atoms with Crippen molar-refractivity contribution >= 4 is 27.5 Å². The Balaban J connectivity index is 1.59. The summed E-state index contributed by atoms with van der Waals surface area (Å²) in [7, 11) is 1.48. The number of phenolic OH excluding ortho intramolecular Hbond substituents is 1. The van der Waals surface area contributed by atoms with Gasteiger partial charge in [-0.2, -0.15) is 0 Å². The summed E-state index contributed by atoms with van der Waals surface area (Å²) in [6.45, 7) is 0.0947. The van der Waals surface area contributed by atoms with E-state index < -0.39 is 23.3 Å². The quantitative estimate of drug-likeness (QED) is 0.388. The van der Waals surface area contributed by atoms with Gasteiger partial charge in [0.2, 0.25) is 0 Å². The molecule has 0 bridgehead atoms. The van der Waals surface area contributed by atoms with Gasteiger partial charge in [-0.05, 0) is 39.7 Å². The molecule has 2 aliphatic carbocycles. The second-order valence-corrected chi connectivity index (χ2v) is 9.88. The fourth-order valence-corrected chi connectivity index (χ4v) is 5.97. The summed E-state index contributed by atoms with van der Waals surface area (Å²) < 4.78 is 9.16. The molecule has 3 aromatic rings. The third-order valence-corrected chi connectivity index (χ3v) is 7.75. The predicted octanol–water partition coefficient (Wildman–Crippen LogP) is 2.91. The topological polar surface area (TPSA) is 113 Å². The number of nitrogens with zero attached hydrogens (tertiary/aromatic N) is 3. The van der Waals surface area contributed by atoms with Gasteiger partial charge in [-0.15, -0.1) is 0 Å². The van der Waals surface area contributed by atoms with Gasteiger partial charge in [-0.25, -0.2) is 23.5 Å². The maximum absolute atomic E-state index is 13.7. The fourth-order valence-electron chi connectivity index (χ4n) is 5.53. The molecular formula is C27H20BrN3O6. The lowest BCUT2D eigenvalue weighted by Gasteiger charge is -2.39. The van der Waals surface area contributed by atoms with Crippen molar-refractivity contribution in [2.45, 2.75) is 24.9 Å². The summed E-state index contributed by atoms with van der Waals surface area (Å²) in [4.78, 5) is 53.5. The number of rotatable bonds is 3. The molecule has 0 spiro atoms. The van der Waals surface area contributed by atoms with Crippen molar-refractivity contribution in [3.05, 3.63) is 108 Å². The number of para-hydroxylation sites is 1. The number of halogens is 1. The SMILES string of the molecule is COc1ccc([C@H]2C3=CCn4c(=O)n(-c5ccccc5)c(=O)n4[C@@H]3CC3=C2C(=O)C=C(Br)C3=O)c(O)c1. The van der Waals surface area contributed by atoms with Crippen LogP contribution in [0.4, 0.5) is 0 Å². The molecule has 6 rings (SSSR count). The number of carbonyl (C=O) groups is 2. The Bertz CT molecular complexity index is 1720. The van der Waals surface area contributed by atoms with Gasteiger partial charge in [0.25, 0.3) is 0 Å². The fraction of sp³-hybridized carbons (Fsp3) is 0.185. The van der Waals surface area contributed by atoms with Crippen LogP contribution in [0.5, 0.6) is 11.5 Å². The minimum Gasteiger partial charge on any atom is -0.507 e. The number of phenols is 1. The first-order valence-corrected chi connectivity index (χ1v) is 12.4. The molecule has 0 unspecified atom stereocenters. The first kappa shape index (κ1) is 23.2. The van der Waals surface area contributed by atoms with Gasteiger partial charge >= 0.3 is 11.4 Å². The first-order valence-electron chi connectivity index (χ1n) is 11.6. The summed E-state index contributed by atoms with van der Waals surface area (Å²) in [5, 5.41) is 10.9. The van der Waals surface area contributed by atoms with Crippen LogP contribution in [0.15, 0.2) is 91.5 Å². The van der Waals surface area contributed by atoms with E-state index in [0.717, 1.165) is 4.57 Å². The summed E-state index contributed by atoms with van der Waals surface area (Å²) in [5.74, 6) is -1.17. The van der Waals surface area contributed by atoms with E-state index in [1.807, 2.05) is 6.08 Å². The van der Waals surface area contributed by atoms with E-state index in [1.165, 1.54) is 28.6 Å². The van der Waals surface area contributed by atoms with E-state index in [-0.39, 0.29) is 45.9 Å². The summed E-state index contributed by atoms with van der Waals surface area (Å²) in [6, 6.07) is 12.7. The van der Waals surface area contributed by atoms with Gasteiger partial charge in [0.1, 0.15) is 11.5 Å². The van der Waals surface area contributed by atoms with Crippen LogP contribution in [0.1, 0.15) is 23.9 Å². The maximum Gasteiger partial charge on any atom is 0.352 e. The highest BCUT2D eigenvalue weighted by atomic mass is 79.9. The van der Waals surface area contributed by atoms with E-state index in [0.29, 0.717) is 22.6 Å². The number of allylic oxidation sites excluding steroid dienone is 6. The largest absolute Gasteiger partial charge is 0.507 e. The molecule has 1 aromatic heterocycles. The van der Waals surface area contributed by atoms with E-state index in [9.17, 15) is 24.3 Å². The highest BCUT2D eigenvalue weighted by molar-refractivity contribution is 9.12. The molecule has 0 radical (unpaired) electrons. The molecule has 1 N–H and O–H groups in total.